The summed E-state index contributed by atoms with van der Waals surface area (Å²) in [6.07, 6.45) is 0. The molecule has 1 fully saturated rings. The summed E-state index contributed by atoms with van der Waals surface area (Å²) in [5.74, 6) is 0.393. The van der Waals surface area contributed by atoms with Gasteiger partial charge in [-0.1, -0.05) is 18.2 Å². The Kier molecular flexibility index (Phi) is 5.92. The maximum atomic E-state index is 14.1. The van der Waals surface area contributed by atoms with E-state index in [2.05, 4.69) is 51.3 Å². The average molecular weight is 365 g/mol. The first-order valence-corrected chi connectivity index (χ1v) is 9.06. The largest absolute Gasteiger partial charge is 0.368 e. The SMILES string of the molecule is CN=C(NCc1ccc(C#N)cc1F)N1CCN(c2cccc(C)c2)CC1. The van der Waals surface area contributed by atoms with E-state index in [4.69, 9.17) is 5.26 Å². The van der Waals surface area contributed by atoms with Gasteiger partial charge in [-0.3, -0.25) is 4.99 Å². The number of halogens is 1. The van der Waals surface area contributed by atoms with Gasteiger partial charge < -0.3 is 15.1 Å². The zero-order chi connectivity index (χ0) is 19.2. The smallest absolute Gasteiger partial charge is 0.194 e. The standard InChI is InChI=1S/C21H24FN5/c1-16-4-3-5-19(12-16)26-8-10-27(11-9-26)21(24-2)25-15-18-7-6-17(14-23)13-20(18)22/h3-7,12-13H,8-11,15H2,1-2H3,(H,24,25). The van der Waals surface area contributed by atoms with Gasteiger partial charge in [-0.15, -0.1) is 0 Å². The van der Waals surface area contributed by atoms with E-state index in [0.717, 1.165) is 32.1 Å². The first-order chi connectivity index (χ1) is 13.1. The lowest BCUT2D eigenvalue weighted by Gasteiger charge is -2.37. The van der Waals surface area contributed by atoms with Crippen LogP contribution in [0.4, 0.5) is 10.1 Å². The Bertz CT molecular complexity index is 863. The maximum absolute atomic E-state index is 14.1. The molecule has 0 aliphatic carbocycles. The van der Waals surface area contributed by atoms with Crippen molar-refractivity contribution in [3.63, 3.8) is 0 Å². The molecule has 0 atom stereocenters. The van der Waals surface area contributed by atoms with E-state index in [-0.39, 0.29) is 5.82 Å². The van der Waals surface area contributed by atoms with E-state index in [1.54, 1.807) is 19.2 Å². The van der Waals surface area contributed by atoms with Gasteiger partial charge in [0.1, 0.15) is 5.82 Å². The molecule has 5 nitrogen and oxygen atoms in total. The van der Waals surface area contributed by atoms with Crippen LogP contribution in [0.3, 0.4) is 0 Å². The minimum absolute atomic E-state index is 0.327. The lowest BCUT2D eigenvalue weighted by Crippen LogP contribution is -2.52. The number of benzene rings is 2. The van der Waals surface area contributed by atoms with Crippen molar-refractivity contribution in [2.75, 3.05) is 38.1 Å². The number of anilines is 1. The van der Waals surface area contributed by atoms with Crippen LogP contribution in [0.5, 0.6) is 0 Å². The van der Waals surface area contributed by atoms with Crippen molar-refractivity contribution in [2.45, 2.75) is 13.5 Å². The fraction of sp³-hybridized carbons (Fsp3) is 0.333. The normalized spacial score (nSPS) is 14.8. The van der Waals surface area contributed by atoms with Crippen molar-refractivity contribution in [1.82, 2.24) is 10.2 Å². The lowest BCUT2D eigenvalue weighted by atomic mass is 10.1. The fourth-order valence-electron chi connectivity index (χ4n) is 3.27. The lowest BCUT2D eigenvalue weighted by molar-refractivity contribution is 0.372. The maximum Gasteiger partial charge on any atom is 0.194 e. The van der Waals surface area contributed by atoms with Crippen LogP contribution in [0, 0.1) is 24.1 Å². The molecule has 0 saturated carbocycles. The Morgan fingerprint density at radius 1 is 1.19 bits per heavy atom. The zero-order valence-electron chi connectivity index (χ0n) is 15.7. The third-order valence-corrected chi connectivity index (χ3v) is 4.78. The summed E-state index contributed by atoms with van der Waals surface area (Å²) in [5, 5.41) is 12.1. The second-order valence-electron chi connectivity index (χ2n) is 6.63. The summed E-state index contributed by atoms with van der Waals surface area (Å²) < 4.78 is 14.1. The van der Waals surface area contributed by atoms with Crippen LogP contribution in [-0.2, 0) is 6.54 Å². The summed E-state index contributed by atoms with van der Waals surface area (Å²) in [6.45, 7) is 5.97. The molecule has 2 aromatic carbocycles. The van der Waals surface area contributed by atoms with Gasteiger partial charge in [0.25, 0.3) is 0 Å². The molecule has 1 aliphatic rings. The molecule has 3 rings (SSSR count). The molecular weight excluding hydrogens is 341 g/mol. The minimum atomic E-state index is -0.374. The van der Waals surface area contributed by atoms with Crippen molar-refractivity contribution in [3.05, 3.63) is 65.0 Å². The number of hydrogen-bond donors (Lipinski definition) is 1. The highest BCUT2D eigenvalue weighted by molar-refractivity contribution is 5.80. The van der Waals surface area contributed by atoms with E-state index in [0.29, 0.717) is 17.7 Å². The first-order valence-electron chi connectivity index (χ1n) is 9.06. The Labute approximate surface area is 159 Å². The van der Waals surface area contributed by atoms with Crippen molar-refractivity contribution >= 4 is 11.6 Å². The monoisotopic (exact) mass is 365 g/mol. The third kappa shape index (κ3) is 4.56. The average Bonchev–Trinajstić information content (AvgIpc) is 2.70. The molecule has 1 aliphatic heterocycles. The Balaban J connectivity index is 1.57. The van der Waals surface area contributed by atoms with Gasteiger partial charge in [0.05, 0.1) is 11.6 Å². The van der Waals surface area contributed by atoms with Crippen molar-refractivity contribution in [1.29, 1.82) is 5.26 Å². The van der Waals surface area contributed by atoms with Crippen LogP contribution in [-0.4, -0.2) is 44.1 Å². The molecule has 2 aromatic rings. The van der Waals surface area contributed by atoms with Crippen molar-refractivity contribution < 1.29 is 4.39 Å². The molecule has 1 heterocycles. The first kappa shape index (κ1) is 18.7. The Morgan fingerprint density at radius 2 is 1.96 bits per heavy atom. The van der Waals surface area contributed by atoms with E-state index in [1.165, 1.54) is 17.3 Å². The number of guanidine groups is 1. The molecule has 0 spiro atoms. The number of nitriles is 1. The van der Waals surface area contributed by atoms with Gasteiger partial charge >= 0.3 is 0 Å². The summed E-state index contributed by atoms with van der Waals surface area (Å²) in [5.41, 5.74) is 3.36. The van der Waals surface area contributed by atoms with Gasteiger partial charge in [-0.25, -0.2) is 4.39 Å². The number of rotatable bonds is 3. The molecule has 27 heavy (non-hydrogen) atoms. The molecule has 0 amide bonds. The molecule has 6 heteroatoms. The third-order valence-electron chi connectivity index (χ3n) is 4.78. The predicted molar refractivity (Wildman–Crippen MR) is 106 cm³/mol. The van der Waals surface area contributed by atoms with Gasteiger partial charge in [0.15, 0.2) is 5.96 Å². The van der Waals surface area contributed by atoms with Crippen LogP contribution in [0.25, 0.3) is 0 Å². The van der Waals surface area contributed by atoms with Gasteiger partial charge in [0.2, 0.25) is 0 Å². The van der Waals surface area contributed by atoms with Crippen LogP contribution >= 0.6 is 0 Å². The predicted octanol–water partition coefficient (Wildman–Crippen LogP) is 2.90. The molecule has 1 saturated heterocycles. The fourth-order valence-corrected chi connectivity index (χ4v) is 3.27. The summed E-state index contributed by atoms with van der Waals surface area (Å²) in [6, 6.07) is 15.0. The second kappa shape index (κ2) is 8.54. The van der Waals surface area contributed by atoms with E-state index < -0.39 is 0 Å². The molecule has 0 radical (unpaired) electrons. The Morgan fingerprint density at radius 3 is 2.59 bits per heavy atom. The van der Waals surface area contributed by atoms with Crippen LogP contribution in [0.15, 0.2) is 47.5 Å². The van der Waals surface area contributed by atoms with Crippen molar-refractivity contribution in [3.8, 4) is 6.07 Å². The van der Waals surface area contributed by atoms with E-state index in [9.17, 15) is 4.39 Å². The molecule has 0 unspecified atom stereocenters. The number of aliphatic imine (C=N–C) groups is 1. The highest BCUT2D eigenvalue weighted by Gasteiger charge is 2.20. The van der Waals surface area contributed by atoms with Crippen LogP contribution in [0.2, 0.25) is 0 Å². The molecule has 1 N–H and O–H groups in total. The van der Waals surface area contributed by atoms with E-state index in [1.807, 2.05) is 6.07 Å². The summed E-state index contributed by atoms with van der Waals surface area (Å²) in [7, 11) is 1.74. The minimum Gasteiger partial charge on any atom is -0.368 e. The number of nitrogens with one attached hydrogen (secondary N) is 1. The zero-order valence-corrected chi connectivity index (χ0v) is 15.7. The Hall–Kier alpha value is -3.07. The highest BCUT2D eigenvalue weighted by atomic mass is 19.1. The van der Waals surface area contributed by atoms with Crippen molar-refractivity contribution in [2.24, 2.45) is 4.99 Å². The molecule has 0 bridgehead atoms. The van der Waals surface area contributed by atoms with Crippen LogP contribution < -0.4 is 10.2 Å². The van der Waals surface area contributed by atoms with Gasteiger partial charge in [-0.2, -0.15) is 5.26 Å². The second-order valence-corrected chi connectivity index (χ2v) is 6.63. The van der Waals surface area contributed by atoms with E-state index >= 15 is 0 Å². The number of hydrogen-bond acceptors (Lipinski definition) is 3. The summed E-state index contributed by atoms with van der Waals surface area (Å²) in [4.78, 5) is 8.90. The topological polar surface area (TPSA) is 54.7 Å². The van der Waals surface area contributed by atoms with Gasteiger partial charge in [-0.05, 0) is 36.8 Å². The highest BCUT2D eigenvalue weighted by Crippen LogP contribution is 2.18. The van der Waals surface area contributed by atoms with Gasteiger partial charge in [0, 0.05) is 51.0 Å². The number of nitrogens with zero attached hydrogens (tertiary/aromatic N) is 4. The quantitative estimate of drug-likeness (QED) is 0.671. The number of aryl methyl sites for hydroxylation is 1. The number of piperazine rings is 1. The molecule has 0 aromatic heterocycles. The van der Waals surface area contributed by atoms with Crippen LogP contribution in [0.1, 0.15) is 16.7 Å². The molecule has 140 valence electrons. The summed E-state index contributed by atoms with van der Waals surface area (Å²) >= 11 is 0. The molecular formula is C21H24FN5.